The first-order valence-corrected chi connectivity index (χ1v) is 8.51. The predicted molar refractivity (Wildman–Crippen MR) is 83.2 cm³/mol. The number of nitrogens with zero attached hydrogens (tertiary/aromatic N) is 1. The van der Waals surface area contributed by atoms with E-state index in [1.165, 1.54) is 57.9 Å². The van der Waals surface area contributed by atoms with Gasteiger partial charge < -0.3 is 5.73 Å². The van der Waals surface area contributed by atoms with Crippen molar-refractivity contribution in [1.29, 1.82) is 0 Å². The Hall–Kier alpha value is -0.0800. The van der Waals surface area contributed by atoms with E-state index < -0.39 is 0 Å². The Morgan fingerprint density at radius 2 is 1.74 bits per heavy atom. The van der Waals surface area contributed by atoms with Crippen molar-refractivity contribution in [3.8, 4) is 0 Å². The van der Waals surface area contributed by atoms with Crippen molar-refractivity contribution in [2.45, 2.75) is 70.8 Å². The summed E-state index contributed by atoms with van der Waals surface area (Å²) in [6, 6.07) is 0. The molecule has 2 rings (SSSR count). The maximum Gasteiger partial charge on any atom is 0.0359 e. The summed E-state index contributed by atoms with van der Waals surface area (Å²) in [5, 5.41) is 0. The summed E-state index contributed by atoms with van der Waals surface area (Å²) in [6.45, 7) is 6.91. The minimum Gasteiger partial charge on any atom is -0.329 e. The molecule has 0 radical (unpaired) electrons. The fourth-order valence-electron chi connectivity index (χ4n) is 4.85. The van der Waals surface area contributed by atoms with E-state index in [0.29, 0.717) is 0 Å². The van der Waals surface area contributed by atoms with E-state index in [9.17, 15) is 0 Å². The second kappa shape index (κ2) is 6.58. The summed E-state index contributed by atoms with van der Waals surface area (Å²) >= 11 is 0. The van der Waals surface area contributed by atoms with Crippen LogP contribution in [0.5, 0.6) is 0 Å². The van der Waals surface area contributed by atoms with Crippen LogP contribution in [0.2, 0.25) is 0 Å². The van der Waals surface area contributed by atoms with Crippen molar-refractivity contribution in [3.63, 3.8) is 0 Å². The molecule has 0 aliphatic heterocycles. The van der Waals surface area contributed by atoms with Gasteiger partial charge in [0.1, 0.15) is 0 Å². The number of hydrogen-bond acceptors (Lipinski definition) is 2. The van der Waals surface area contributed by atoms with Gasteiger partial charge >= 0.3 is 0 Å². The van der Waals surface area contributed by atoms with Crippen LogP contribution in [0.1, 0.15) is 65.2 Å². The zero-order chi connectivity index (χ0) is 13.9. The highest BCUT2D eigenvalue weighted by atomic mass is 15.2. The van der Waals surface area contributed by atoms with E-state index in [0.717, 1.165) is 24.3 Å². The molecule has 2 aliphatic carbocycles. The van der Waals surface area contributed by atoms with Crippen LogP contribution in [0.4, 0.5) is 0 Å². The molecule has 112 valence electrons. The van der Waals surface area contributed by atoms with Gasteiger partial charge in [0.05, 0.1) is 0 Å². The van der Waals surface area contributed by atoms with Gasteiger partial charge in [-0.05, 0) is 50.5 Å². The Labute approximate surface area is 120 Å². The molecule has 0 saturated heterocycles. The Balaban J connectivity index is 2.08. The quantitative estimate of drug-likeness (QED) is 0.823. The van der Waals surface area contributed by atoms with Gasteiger partial charge in [-0.2, -0.15) is 0 Å². The van der Waals surface area contributed by atoms with Crippen LogP contribution < -0.4 is 5.73 Å². The average Bonchev–Trinajstić information content (AvgIpc) is 2.91. The summed E-state index contributed by atoms with van der Waals surface area (Å²) in [5.41, 5.74) is 6.59. The smallest absolute Gasteiger partial charge is 0.0359 e. The third kappa shape index (κ3) is 3.16. The van der Waals surface area contributed by atoms with Gasteiger partial charge in [0, 0.05) is 18.6 Å². The van der Waals surface area contributed by atoms with Gasteiger partial charge in [-0.25, -0.2) is 0 Å². The molecule has 0 amide bonds. The molecule has 2 atom stereocenters. The number of hydrogen-bond donors (Lipinski definition) is 1. The van der Waals surface area contributed by atoms with Gasteiger partial charge in [-0.1, -0.05) is 39.5 Å². The van der Waals surface area contributed by atoms with Crippen molar-refractivity contribution < 1.29 is 0 Å². The van der Waals surface area contributed by atoms with Gasteiger partial charge in [-0.3, -0.25) is 4.90 Å². The Morgan fingerprint density at radius 3 is 2.32 bits per heavy atom. The third-order valence-electron chi connectivity index (χ3n) is 5.99. The van der Waals surface area contributed by atoms with E-state index in [4.69, 9.17) is 5.73 Å². The summed E-state index contributed by atoms with van der Waals surface area (Å²) in [4.78, 5) is 2.67. The highest BCUT2D eigenvalue weighted by Crippen LogP contribution is 2.42. The number of likely N-dealkylation sites (N-methyl/N-ethyl adjacent to an activating group) is 1. The number of rotatable bonds is 5. The van der Waals surface area contributed by atoms with Crippen molar-refractivity contribution >= 4 is 0 Å². The summed E-state index contributed by atoms with van der Waals surface area (Å²) < 4.78 is 0. The first-order chi connectivity index (χ1) is 9.10. The maximum atomic E-state index is 6.30. The summed E-state index contributed by atoms with van der Waals surface area (Å²) in [6.07, 6.45) is 11.2. The Morgan fingerprint density at radius 1 is 1.11 bits per heavy atom. The van der Waals surface area contributed by atoms with Gasteiger partial charge in [0.25, 0.3) is 0 Å². The molecule has 0 spiro atoms. The second-order valence-electron chi connectivity index (χ2n) is 7.43. The van der Waals surface area contributed by atoms with Crippen molar-refractivity contribution in [2.75, 3.05) is 20.1 Å². The SMILES string of the molecule is CC(C)C1CCCCC1(CN)N(C)CC1CCCC1. The van der Waals surface area contributed by atoms with E-state index in [1.807, 2.05) is 0 Å². The van der Waals surface area contributed by atoms with Crippen LogP contribution >= 0.6 is 0 Å². The predicted octanol–water partition coefficient (Wildman–Crippen LogP) is 3.65. The third-order valence-corrected chi connectivity index (χ3v) is 5.99. The summed E-state index contributed by atoms with van der Waals surface area (Å²) in [5.74, 6) is 2.48. The lowest BCUT2D eigenvalue weighted by Gasteiger charge is -2.52. The molecule has 2 unspecified atom stereocenters. The first kappa shape index (κ1) is 15.3. The molecular formula is C17H34N2. The zero-order valence-corrected chi connectivity index (χ0v) is 13.3. The van der Waals surface area contributed by atoms with Crippen LogP contribution in [0.25, 0.3) is 0 Å². The minimum absolute atomic E-state index is 0.287. The normalized spacial score (nSPS) is 33.5. The molecule has 2 saturated carbocycles. The van der Waals surface area contributed by atoms with Crippen LogP contribution in [0, 0.1) is 17.8 Å². The Kier molecular flexibility index (Phi) is 5.30. The van der Waals surface area contributed by atoms with Crippen molar-refractivity contribution in [3.05, 3.63) is 0 Å². The standard InChI is InChI=1S/C17H34N2/c1-14(2)16-10-6-7-11-17(16,13-18)19(3)12-15-8-4-5-9-15/h14-16H,4-13,18H2,1-3H3. The molecule has 2 fully saturated rings. The molecule has 0 aromatic rings. The molecule has 2 aliphatic rings. The lowest BCUT2D eigenvalue weighted by Crippen LogP contribution is -2.60. The number of nitrogens with two attached hydrogens (primary N) is 1. The molecular weight excluding hydrogens is 232 g/mol. The van der Waals surface area contributed by atoms with Crippen molar-refractivity contribution in [2.24, 2.45) is 23.5 Å². The summed E-state index contributed by atoms with van der Waals surface area (Å²) in [7, 11) is 2.35. The van der Waals surface area contributed by atoms with Gasteiger partial charge in [0.15, 0.2) is 0 Å². The molecule has 19 heavy (non-hydrogen) atoms. The lowest BCUT2D eigenvalue weighted by atomic mass is 9.67. The minimum atomic E-state index is 0.287. The molecule has 0 aromatic carbocycles. The second-order valence-corrected chi connectivity index (χ2v) is 7.43. The van der Waals surface area contributed by atoms with E-state index in [-0.39, 0.29) is 5.54 Å². The van der Waals surface area contributed by atoms with Crippen molar-refractivity contribution in [1.82, 2.24) is 4.90 Å². The highest BCUT2D eigenvalue weighted by molar-refractivity contribution is 5.00. The monoisotopic (exact) mass is 266 g/mol. The molecule has 2 N–H and O–H groups in total. The van der Waals surface area contributed by atoms with E-state index >= 15 is 0 Å². The van der Waals surface area contributed by atoms with Crippen LogP contribution in [0.3, 0.4) is 0 Å². The van der Waals surface area contributed by atoms with E-state index in [1.54, 1.807) is 0 Å². The zero-order valence-electron chi connectivity index (χ0n) is 13.3. The van der Waals surface area contributed by atoms with Gasteiger partial charge in [-0.15, -0.1) is 0 Å². The highest BCUT2D eigenvalue weighted by Gasteiger charge is 2.44. The first-order valence-electron chi connectivity index (χ1n) is 8.51. The Bertz CT molecular complexity index is 270. The van der Waals surface area contributed by atoms with Crippen LogP contribution in [0.15, 0.2) is 0 Å². The molecule has 0 aromatic heterocycles. The molecule has 0 heterocycles. The molecule has 2 heteroatoms. The average molecular weight is 266 g/mol. The van der Waals surface area contributed by atoms with Crippen LogP contribution in [-0.2, 0) is 0 Å². The fraction of sp³-hybridized carbons (Fsp3) is 1.00. The van der Waals surface area contributed by atoms with E-state index in [2.05, 4.69) is 25.8 Å². The molecule has 2 nitrogen and oxygen atoms in total. The topological polar surface area (TPSA) is 29.3 Å². The van der Waals surface area contributed by atoms with Gasteiger partial charge in [0.2, 0.25) is 0 Å². The largest absolute Gasteiger partial charge is 0.329 e. The maximum absolute atomic E-state index is 6.30. The van der Waals surface area contributed by atoms with Crippen LogP contribution in [-0.4, -0.2) is 30.6 Å². The lowest BCUT2D eigenvalue weighted by molar-refractivity contribution is -0.00492. The fourth-order valence-corrected chi connectivity index (χ4v) is 4.85. The molecule has 0 bridgehead atoms.